The van der Waals surface area contributed by atoms with Gasteiger partial charge in [0.15, 0.2) is 0 Å². The topological polar surface area (TPSA) is 9.23 Å². The summed E-state index contributed by atoms with van der Waals surface area (Å²) in [4.78, 5) is 0. The minimum absolute atomic E-state index is 0.810. The predicted molar refractivity (Wildman–Crippen MR) is 66.6 cm³/mol. The lowest BCUT2D eigenvalue weighted by Gasteiger charge is -2.07. The molecule has 2 rings (SSSR count). The van der Waals surface area contributed by atoms with E-state index in [9.17, 15) is 0 Å². The van der Waals surface area contributed by atoms with Gasteiger partial charge in [0.05, 0.1) is 0 Å². The van der Waals surface area contributed by atoms with Crippen molar-refractivity contribution in [3.05, 3.63) is 72.5 Å². The average Bonchev–Trinajstić information content (AvgIpc) is 2.33. The van der Waals surface area contributed by atoms with Gasteiger partial charge >= 0.3 is 0 Å². The Bertz CT molecular complexity index is 508. The van der Waals surface area contributed by atoms with Crippen LogP contribution in [0.2, 0.25) is 0 Å². The molecule has 78 valence electrons. The highest BCUT2D eigenvalue weighted by molar-refractivity contribution is 5.57. The fourth-order valence-electron chi connectivity index (χ4n) is 1.42. The zero-order valence-electron chi connectivity index (χ0n) is 8.89. The molecule has 0 fully saturated rings. The van der Waals surface area contributed by atoms with Crippen LogP contribution in [0.15, 0.2) is 66.9 Å². The summed E-state index contributed by atoms with van der Waals surface area (Å²) in [6.07, 6.45) is 1.80. The van der Waals surface area contributed by atoms with Gasteiger partial charge in [-0.15, -0.1) is 5.73 Å². The number of ether oxygens (including phenoxy) is 1. The summed E-state index contributed by atoms with van der Waals surface area (Å²) in [6, 6.07) is 17.5. The van der Waals surface area contributed by atoms with Crippen LogP contribution in [-0.2, 0) is 0 Å². The summed E-state index contributed by atoms with van der Waals surface area (Å²) >= 11 is 0. The van der Waals surface area contributed by atoms with Crippen molar-refractivity contribution in [3.8, 4) is 11.5 Å². The van der Waals surface area contributed by atoms with Crippen molar-refractivity contribution >= 4 is 6.08 Å². The van der Waals surface area contributed by atoms with E-state index in [0.717, 1.165) is 17.1 Å². The van der Waals surface area contributed by atoms with Crippen LogP contribution in [0.3, 0.4) is 0 Å². The summed E-state index contributed by atoms with van der Waals surface area (Å²) < 4.78 is 5.76. The van der Waals surface area contributed by atoms with E-state index < -0.39 is 0 Å². The third-order valence-corrected chi connectivity index (χ3v) is 2.15. The molecule has 1 nitrogen and oxygen atoms in total. The van der Waals surface area contributed by atoms with Gasteiger partial charge in [0.25, 0.3) is 0 Å². The van der Waals surface area contributed by atoms with Gasteiger partial charge in [-0.25, -0.2) is 0 Å². The zero-order chi connectivity index (χ0) is 11.2. The van der Waals surface area contributed by atoms with Crippen molar-refractivity contribution in [3.63, 3.8) is 0 Å². The van der Waals surface area contributed by atoms with E-state index in [1.54, 1.807) is 6.08 Å². The molecular formula is C15H12O. The Morgan fingerprint density at radius 2 is 1.62 bits per heavy atom. The number of hydrogen-bond acceptors (Lipinski definition) is 1. The molecule has 0 saturated carbocycles. The van der Waals surface area contributed by atoms with Crippen molar-refractivity contribution in [2.45, 2.75) is 0 Å². The van der Waals surface area contributed by atoms with E-state index in [4.69, 9.17) is 4.74 Å². The van der Waals surface area contributed by atoms with Gasteiger partial charge in [-0.2, -0.15) is 0 Å². The number of hydrogen-bond donors (Lipinski definition) is 0. The van der Waals surface area contributed by atoms with Gasteiger partial charge in [0.1, 0.15) is 11.5 Å². The minimum atomic E-state index is 0.810. The maximum atomic E-state index is 5.76. The van der Waals surface area contributed by atoms with Crippen molar-refractivity contribution in [1.82, 2.24) is 0 Å². The predicted octanol–water partition coefficient (Wildman–Crippen LogP) is 4.28. The summed E-state index contributed by atoms with van der Waals surface area (Å²) in [5.41, 5.74) is 3.73. The average molecular weight is 208 g/mol. The maximum absolute atomic E-state index is 5.76. The summed E-state index contributed by atoms with van der Waals surface area (Å²) in [5, 5.41) is 0. The number of rotatable bonds is 3. The van der Waals surface area contributed by atoms with E-state index in [1.165, 1.54) is 0 Å². The standard InChI is InChI=1S/C15H12O/c1-2-8-13-9-6-7-12-15(13)16-14-10-4-3-5-11-14/h3-12H,1H2. The highest BCUT2D eigenvalue weighted by Gasteiger charge is 2.00. The van der Waals surface area contributed by atoms with E-state index in [0.29, 0.717) is 0 Å². The Morgan fingerprint density at radius 3 is 2.38 bits per heavy atom. The second-order valence-electron chi connectivity index (χ2n) is 3.30. The quantitative estimate of drug-likeness (QED) is 0.684. The van der Waals surface area contributed by atoms with Crippen LogP contribution in [0, 0.1) is 0 Å². The Labute approximate surface area is 95.3 Å². The first-order valence-electron chi connectivity index (χ1n) is 5.08. The molecular weight excluding hydrogens is 196 g/mol. The van der Waals surface area contributed by atoms with Gasteiger partial charge in [-0.05, 0) is 24.3 Å². The Hall–Kier alpha value is -2.24. The van der Waals surface area contributed by atoms with Crippen molar-refractivity contribution < 1.29 is 4.74 Å². The third-order valence-electron chi connectivity index (χ3n) is 2.15. The van der Waals surface area contributed by atoms with Crippen LogP contribution >= 0.6 is 0 Å². The Balaban J connectivity index is 2.31. The molecule has 0 spiro atoms. The first-order chi connectivity index (χ1) is 7.90. The van der Waals surface area contributed by atoms with Gasteiger partial charge in [0, 0.05) is 5.56 Å². The first kappa shape index (κ1) is 10.3. The molecule has 0 aliphatic carbocycles. The molecule has 0 N–H and O–H groups in total. The molecule has 16 heavy (non-hydrogen) atoms. The highest BCUT2D eigenvalue weighted by Crippen LogP contribution is 2.25. The molecule has 2 aromatic rings. The lowest BCUT2D eigenvalue weighted by molar-refractivity contribution is 0.481. The van der Waals surface area contributed by atoms with E-state index in [1.807, 2.05) is 54.6 Å². The van der Waals surface area contributed by atoms with Crippen LogP contribution < -0.4 is 4.74 Å². The maximum Gasteiger partial charge on any atom is 0.135 e. The minimum Gasteiger partial charge on any atom is -0.457 e. The van der Waals surface area contributed by atoms with Gasteiger partial charge < -0.3 is 4.74 Å². The molecule has 1 heteroatoms. The third kappa shape index (κ3) is 2.41. The van der Waals surface area contributed by atoms with E-state index in [2.05, 4.69) is 12.3 Å². The summed E-state index contributed by atoms with van der Waals surface area (Å²) in [6.45, 7) is 3.57. The second kappa shape index (κ2) is 5.01. The van der Waals surface area contributed by atoms with E-state index >= 15 is 0 Å². The lowest BCUT2D eigenvalue weighted by Crippen LogP contribution is -1.86. The molecule has 0 aromatic heterocycles. The molecule has 0 atom stereocenters. The van der Waals surface area contributed by atoms with Crippen LogP contribution in [0.25, 0.3) is 6.08 Å². The smallest absolute Gasteiger partial charge is 0.135 e. The Morgan fingerprint density at radius 1 is 0.938 bits per heavy atom. The summed E-state index contributed by atoms with van der Waals surface area (Å²) in [5.74, 6) is 1.64. The molecule has 0 unspecified atom stereocenters. The zero-order valence-corrected chi connectivity index (χ0v) is 8.89. The molecule has 0 bridgehead atoms. The van der Waals surface area contributed by atoms with Crippen LogP contribution in [0.1, 0.15) is 5.56 Å². The second-order valence-corrected chi connectivity index (χ2v) is 3.30. The fraction of sp³-hybridized carbons (Fsp3) is 0. The van der Waals surface area contributed by atoms with Gasteiger partial charge in [-0.3, -0.25) is 0 Å². The summed E-state index contributed by atoms with van der Waals surface area (Å²) in [7, 11) is 0. The largest absolute Gasteiger partial charge is 0.457 e. The monoisotopic (exact) mass is 208 g/mol. The molecule has 0 amide bonds. The first-order valence-corrected chi connectivity index (χ1v) is 5.08. The van der Waals surface area contributed by atoms with Gasteiger partial charge in [0.2, 0.25) is 0 Å². The fourth-order valence-corrected chi connectivity index (χ4v) is 1.42. The highest BCUT2D eigenvalue weighted by atomic mass is 16.5. The number of benzene rings is 2. The van der Waals surface area contributed by atoms with Gasteiger partial charge in [-0.1, -0.05) is 43.0 Å². The van der Waals surface area contributed by atoms with Crippen LogP contribution in [0.4, 0.5) is 0 Å². The molecule has 0 radical (unpaired) electrons. The van der Waals surface area contributed by atoms with Crippen molar-refractivity contribution in [2.75, 3.05) is 0 Å². The molecule has 0 aliphatic rings. The molecule has 0 aliphatic heterocycles. The van der Waals surface area contributed by atoms with Crippen molar-refractivity contribution in [2.24, 2.45) is 0 Å². The molecule has 0 heterocycles. The van der Waals surface area contributed by atoms with Crippen molar-refractivity contribution in [1.29, 1.82) is 0 Å². The molecule has 2 aromatic carbocycles. The van der Waals surface area contributed by atoms with E-state index in [-0.39, 0.29) is 0 Å². The van der Waals surface area contributed by atoms with Crippen LogP contribution in [0.5, 0.6) is 11.5 Å². The normalized spacial score (nSPS) is 9.25. The Kier molecular flexibility index (Phi) is 3.22. The molecule has 0 saturated heterocycles. The van der Waals surface area contributed by atoms with Crippen LogP contribution in [-0.4, -0.2) is 0 Å². The SMILES string of the molecule is C=C=Cc1ccccc1Oc1ccccc1. The number of para-hydroxylation sites is 2. The lowest BCUT2D eigenvalue weighted by atomic mass is 10.2.